The monoisotopic (exact) mass is 249 g/mol. The number of nitrogen functional groups attached to an aromatic ring is 1. The smallest absolute Gasteiger partial charge is 0.251 e. The number of hydrogen-bond acceptors (Lipinski definition) is 3. The maximum absolute atomic E-state index is 11.7. The van der Waals surface area contributed by atoms with Gasteiger partial charge in [-0.05, 0) is 38.1 Å². The molecule has 0 heterocycles. The average Bonchev–Trinajstić information content (AvgIpc) is 2.28. The number of rotatable bonds is 5. The maximum atomic E-state index is 11.7. The van der Waals surface area contributed by atoms with Gasteiger partial charge in [-0.3, -0.25) is 9.59 Å². The molecule has 5 nitrogen and oxygen atoms in total. The quantitative estimate of drug-likeness (QED) is 0.678. The van der Waals surface area contributed by atoms with Crippen LogP contribution in [0.15, 0.2) is 24.3 Å². The van der Waals surface area contributed by atoms with E-state index in [1.54, 1.807) is 24.3 Å². The number of benzene rings is 1. The van der Waals surface area contributed by atoms with Crippen molar-refractivity contribution >= 4 is 17.5 Å². The second kappa shape index (κ2) is 6.64. The minimum absolute atomic E-state index is 0.0670. The zero-order valence-electron chi connectivity index (χ0n) is 10.7. The van der Waals surface area contributed by atoms with E-state index in [0.717, 1.165) is 0 Å². The molecule has 0 radical (unpaired) electrons. The molecule has 4 N–H and O–H groups in total. The van der Waals surface area contributed by atoms with Crippen LogP contribution in [0, 0.1) is 0 Å². The van der Waals surface area contributed by atoms with Crippen LogP contribution in [0.3, 0.4) is 0 Å². The van der Waals surface area contributed by atoms with Crippen LogP contribution in [0.5, 0.6) is 0 Å². The molecule has 0 aliphatic rings. The Balaban J connectivity index is 2.33. The third kappa shape index (κ3) is 4.86. The summed E-state index contributed by atoms with van der Waals surface area (Å²) in [5.41, 5.74) is 6.68. The normalized spacial score (nSPS) is 10.2. The fourth-order valence-corrected chi connectivity index (χ4v) is 1.42. The summed E-state index contributed by atoms with van der Waals surface area (Å²) < 4.78 is 0. The van der Waals surface area contributed by atoms with Crippen LogP contribution in [-0.2, 0) is 4.79 Å². The Bertz CT molecular complexity index is 413. The van der Waals surface area contributed by atoms with Gasteiger partial charge in [-0.15, -0.1) is 0 Å². The average molecular weight is 249 g/mol. The first-order valence-corrected chi connectivity index (χ1v) is 5.92. The number of amides is 2. The van der Waals surface area contributed by atoms with Gasteiger partial charge in [0.25, 0.3) is 5.91 Å². The van der Waals surface area contributed by atoms with Crippen molar-refractivity contribution in [2.45, 2.75) is 26.3 Å². The molecule has 0 aromatic heterocycles. The molecule has 5 heteroatoms. The summed E-state index contributed by atoms with van der Waals surface area (Å²) in [7, 11) is 0. The van der Waals surface area contributed by atoms with Crippen molar-refractivity contribution in [1.82, 2.24) is 10.6 Å². The van der Waals surface area contributed by atoms with Crippen molar-refractivity contribution in [1.29, 1.82) is 0 Å². The first kappa shape index (κ1) is 14.0. The molecule has 0 fully saturated rings. The van der Waals surface area contributed by atoms with Crippen LogP contribution in [0.25, 0.3) is 0 Å². The lowest BCUT2D eigenvalue weighted by atomic mass is 10.2. The zero-order valence-corrected chi connectivity index (χ0v) is 10.7. The zero-order chi connectivity index (χ0) is 13.5. The van der Waals surface area contributed by atoms with E-state index >= 15 is 0 Å². The first-order valence-electron chi connectivity index (χ1n) is 5.92. The fourth-order valence-electron chi connectivity index (χ4n) is 1.42. The molecular formula is C13H19N3O2. The number of carbonyl (C=O) groups excluding carboxylic acids is 2. The largest absolute Gasteiger partial charge is 0.399 e. The second-order valence-corrected chi connectivity index (χ2v) is 4.35. The molecule has 0 saturated carbocycles. The highest BCUT2D eigenvalue weighted by molar-refractivity contribution is 5.94. The molecule has 2 amide bonds. The summed E-state index contributed by atoms with van der Waals surface area (Å²) in [5, 5.41) is 5.44. The van der Waals surface area contributed by atoms with Gasteiger partial charge in [0.2, 0.25) is 5.91 Å². The van der Waals surface area contributed by atoms with Gasteiger partial charge in [-0.25, -0.2) is 0 Å². The summed E-state index contributed by atoms with van der Waals surface area (Å²) >= 11 is 0. The summed E-state index contributed by atoms with van der Waals surface area (Å²) in [5.74, 6) is -0.269. The Morgan fingerprint density at radius 2 is 1.83 bits per heavy atom. The van der Waals surface area contributed by atoms with E-state index in [0.29, 0.717) is 17.8 Å². The molecule has 1 aromatic carbocycles. The Kier molecular flexibility index (Phi) is 5.17. The van der Waals surface area contributed by atoms with Crippen LogP contribution in [0.4, 0.5) is 5.69 Å². The number of nitrogens with two attached hydrogens (primary N) is 1. The van der Waals surface area contributed by atoms with Crippen LogP contribution >= 0.6 is 0 Å². The Hall–Kier alpha value is -2.04. The maximum Gasteiger partial charge on any atom is 0.251 e. The summed E-state index contributed by atoms with van der Waals surface area (Å²) in [4.78, 5) is 23.0. The first-order chi connectivity index (χ1) is 8.49. The lowest BCUT2D eigenvalue weighted by Gasteiger charge is -2.09. The molecule has 0 bridgehead atoms. The minimum Gasteiger partial charge on any atom is -0.399 e. The third-order valence-corrected chi connectivity index (χ3v) is 2.26. The van der Waals surface area contributed by atoms with Gasteiger partial charge in [0.15, 0.2) is 0 Å². The standard InChI is InChI=1S/C13H19N3O2/c1-9(2)16-12(17)7-8-15-13(18)10-3-5-11(14)6-4-10/h3-6,9H,7-8,14H2,1-2H3,(H,15,18)(H,16,17). The summed E-state index contributed by atoms with van der Waals surface area (Å²) in [6, 6.07) is 6.75. The molecule has 0 atom stereocenters. The molecule has 1 rings (SSSR count). The van der Waals surface area contributed by atoms with E-state index in [-0.39, 0.29) is 24.3 Å². The SMILES string of the molecule is CC(C)NC(=O)CCNC(=O)c1ccc(N)cc1. The Morgan fingerprint density at radius 3 is 2.39 bits per heavy atom. The lowest BCUT2D eigenvalue weighted by Crippen LogP contribution is -2.34. The molecule has 0 aliphatic carbocycles. The van der Waals surface area contributed by atoms with Crippen LogP contribution in [-0.4, -0.2) is 24.4 Å². The Labute approximate surface area is 107 Å². The molecule has 0 saturated heterocycles. The highest BCUT2D eigenvalue weighted by atomic mass is 16.2. The highest BCUT2D eigenvalue weighted by Gasteiger charge is 2.06. The van der Waals surface area contributed by atoms with Crippen molar-refractivity contribution in [2.75, 3.05) is 12.3 Å². The number of hydrogen-bond donors (Lipinski definition) is 3. The van der Waals surface area contributed by atoms with Gasteiger partial charge < -0.3 is 16.4 Å². The Morgan fingerprint density at radius 1 is 1.22 bits per heavy atom. The predicted molar refractivity (Wildman–Crippen MR) is 71.1 cm³/mol. The highest BCUT2D eigenvalue weighted by Crippen LogP contribution is 2.04. The lowest BCUT2D eigenvalue weighted by molar-refractivity contribution is -0.121. The molecule has 1 aromatic rings. The molecule has 18 heavy (non-hydrogen) atoms. The third-order valence-electron chi connectivity index (χ3n) is 2.26. The van der Waals surface area contributed by atoms with Crippen LogP contribution in [0.1, 0.15) is 30.6 Å². The van der Waals surface area contributed by atoms with Crippen molar-refractivity contribution in [2.24, 2.45) is 0 Å². The number of nitrogens with one attached hydrogen (secondary N) is 2. The van der Waals surface area contributed by atoms with Gasteiger partial charge in [-0.2, -0.15) is 0 Å². The molecule has 98 valence electrons. The summed E-state index contributed by atoms with van der Waals surface area (Å²) in [6.45, 7) is 4.11. The van der Waals surface area contributed by atoms with Gasteiger partial charge in [0.1, 0.15) is 0 Å². The van der Waals surface area contributed by atoms with E-state index in [1.807, 2.05) is 13.8 Å². The van der Waals surface area contributed by atoms with Crippen molar-refractivity contribution < 1.29 is 9.59 Å². The van der Waals surface area contributed by atoms with Crippen LogP contribution < -0.4 is 16.4 Å². The van der Waals surface area contributed by atoms with Crippen molar-refractivity contribution in [3.8, 4) is 0 Å². The van der Waals surface area contributed by atoms with E-state index in [9.17, 15) is 9.59 Å². The molecule has 0 spiro atoms. The fraction of sp³-hybridized carbons (Fsp3) is 0.385. The topological polar surface area (TPSA) is 84.2 Å². The number of anilines is 1. The van der Waals surface area contributed by atoms with E-state index in [2.05, 4.69) is 10.6 Å². The van der Waals surface area contributed by atoms with Crippen molar-refractivity contribution in [3.63, 3.8) is 0 Å². The van der Waals surface area contributed by atoms with Crippen molar-refractivity contribution in [3.05, 3.63) is 29.8 Å². The predicted octanol–water partition coefficient (Wildman–Crippen LogP) is 0.913. The van der Waals surface area contributed by atoms with Gasteiger partial charge in [-0.1, -0.05) is 0 Å². The van der Waals surface area contributed by atoms with Gasteiger partial charge >= 0.3 is 0 Å². The van der Waals surface area contributed by atoms with E-state index < -0.39 is 0 Å². The van der Waals surface area contributed by atoms with Gasteiger partial charge in [0.05, 0.1) is 0 Å². The second-order valence-electron chi connectivity index (χ2n) is 4.35. The molecule has 0 aliphatic heterocycles. The molecular weight excluding hydrogens is 230 g/mol. The van der Waals surface area contributed by atoms with Crippen LogP contribution in [0.2, 0.25) is 0 Å². The minimum atomic E-state index is -0.202. The van der Waals surface area contributed by atoms with E-state index in [1.165, 1.54) is 0 Å². The van der Waals surface area contributed by atoms with E-state index in [4.69, 9.17) is 5.73 Å². The number of carbonyl (C=O) groups is 2. The molecule has 0 unspecified atom stereocenters. The summed E-state index contributed by atoms with van der Waals surface area (Å²) in [6.07, 6.45) is 0.277. The van der Waals surface area contributed by atoms with Gasteiger partial charge in [0, 0.05) is 30.3 Å².